The predicted octanol–water partition coefficient (Wildman–Crippen LogP) is 2.58. The number of rotatable bonds is 5. The fraction of sp³-hybridized carbons (Fsp3) is 0.176. The maximum atomic E-state index is 12.5. The molecule has 0 aliphatic rings. The Kier molecular flexibility index (Phi) is 5.43. The third-order valence-electron chi connectivity index (χ3n) is 3.18. The number of sulfonamides is 1. The van der Waals surface area contributed by atoms with E-state index in [9.17, 15) is 18.0 Å². The van der Waals surface area contributed by atoms with Gasteiger partial charge in [0.05, 0.1) is 17.5 Å². The molecule has 3 N–H and O–H groups in total. The quantitative estimate of drug-likeness (QED) is 0.761. The van der Waals surface area contributed by atoms with E-state index in [-0.39, 0.29) is 17.2 Å². The van der Waals surface area contributed by atoms with Crippen molar-refractivity contribution >= 4 is 38.9 Å². The van der Waals surface area contributed by atoms with Crippen LogP contribution in [0.5, 0.6) is 0 Å². The van der Waals surface area contributed by atoms with Gasteiger partial charge in [0.15, 0.2) is 0 Å². The largest absolute Gasteiger partial charge is 0.326 e. The zero-order valence-electron chi connectivity index (χ0n) is 14.1. The number of amides is 2. The minimum atomic E-state index is -3.51. The van der Waals surface area contributed by atoms with Gasteiger partial charge in [0, 0.05) is 18.3 Å². The van der Waals surface area contributed by atoms with Crippen LogP contribution in [0.15, 0.2) is 42.5 Å². The summed E-state index contributed by atoms with van der Waals surface area (Å²) in [5.41, 5.74) is 2.38. The Labute approximate surface area is 146 Å². The van der Waals surface area contributed by atoms with Crippen LogP contribution in [0.4, 0.5) is 17.1 Å². The Morgan fingerprint density at radius 2 is 1.48 bits per heavy atom. The first-order valence-corrected chi connectivity index (χ1v) is 9.30. The molecule has 2 aromatic carbocycles. The second-order valence-corrected chi connectivity index (χ2v) is 7.38. The van der Waals surface area contributed by atoms with Crippen molar-refractivity contribution in [3.05, 3.63) is 53.6 Å². The molecule has 132 valence electrons. The van der Waals surface area contributed by atoms with Gasteiger partial charge in [-0.15, -0.1) is 0 Å². The standard InChI is InChI=1S/C17H19N3O4S/c1-11-4-9-16(20-25(3,23)24)15(10-11)17(22)19-14-7-5-13(6-8-14)18-12(2)21/h4-10,20H,1-3H3,(H,18,21)(H,19,22). The van der Waals surface area contributed by atoms with Gasteiger partial charge in [-0.05, 0) is 43.3 Å². The summed E-state index contributed by atoms with van der Waals surface area (Å²) in [5, 5.41) is 5.34. The van der Waals surface area contributed by atoms with E-state index in [1.807, 2.05) is 6.92 Å². The summed E-state index contributed by atoms with van der Waals surface area (Å²) in [5.74, 6) is -0.629. The van der Waals surface area contributed by atoms with E-state index in [1.54, 1.807) is 42.5 Å². The number of hydrogen-bond acceptors (Lipinski definition) is 4. The Bertz CT molecular complexity index is 906. The van der Waals surface area contributed by atoms with Crippen LogP contribution in [-0.2, 0) is 14.8 Å². The predicted molar refractivity (Wildman–Crippen MR) is 98.3 cm³/mol. The van der Waals surface area contributed by atoms with E-state index in [2.05, 4.69) is 15.4 Å². The minimum absolute atomic E-state index is 0.187. The molecule has 0 spiro atoms. The topological polar surface area (TPSA) is 104 Å². The molecule has 0 atom stereocenters. The van der Waals surface area contributed by atoms with Crippen LogP contribution in [0.25, 0.3) is 0 Å². The Balaban J connectivity index is 2.23. The molecular weight excluding hydrogens is 342 g/mol. The lowest BCUT2D eigenvalue weighted by Crippen LogP contribution is -2.17. The van der Waals surface area contributed by atoms with E-state index in [0.717, 1.165) is 11.8 Å². The molecule has 2 aromatic rings. The smallest absolute Gasteiger partial charge is 0.257 e. The molecule has 0 bridgehead atoms. The van der Waals surface area contributed by atoms with Crippen LogP contribution < -0.4 is 15.4 Å². The Morgan fingerprint density at radius 3 is 2.00 bits per heavy atom. The molecule has 2 amide bonds. The first-order chi connectivity index (χ1) is 11.6. The number of anilines is 3. The highest BCUT2D eigenvalue weighted by Gasteiger charge is 2.15. The van der Waals surface area contributed by atoms with E-state index in [1.165, 1.54) is 6.92 Å². The van der Waals surface area contributed by atoms with E-state index >= 15 is 0 Å². The number of carbonyl (C=O) groups is 2. The molecule has 0 saturated carbocycles. The first kappa shape index (κ1) is 18.5. The number of carbonyl (C=O) groups excluding carboxylic acids is 2. The summed E-state index contributed by atoms with van der Waals surface area (Å²) in [6.07, 6.45) is 1.02. The summed E-state index contributed by atoms with van der Waals surface area (Å²) in [7, 11) is -3.51. The minimum Gasteiger partial charge on any atom is -0.326 e. The van der Waals surface area contributed by atoms with Crippen molar-refractivity contribution in [1.29, 1.82) is 0 Å². The Morgan fingerprint density at radius 1 is 0.920 bits per heavy atom. The number of benzene rings is 2. The lowest BCUT2D eigenvalue weighted by Gasteiger charge is -2.12. The Hall–Kier alpha value is -2.87. The van der Waals surface area contributed by atoms with Crippen molar-refractivity contribution < 1.29 is 18.0 Å². The van der Waals surface area contributed by atoms with Crippen LogP contribution in [-0.4, -0.2) is 26.5 Å². The van der Waals surface area contributed by atoms with Crippen LogP contribution in [0.2, 0.25) is 0 Å². The molecule has 0 aliphatic heterocycles. The molecule has 8 heteroatoms. The molecule has 2 rings (SSSR count). The monoisotopic (exact) mass is 361 g/mol. The van der Waals surface area contributed by atoms with Crippen molar-refractivity contribution in [2.75, 3.05) is 21.6 Å². The van der Waals surface area contributed by atoms with Gasteiger partial charge in [0.1, 0.15) is 0 Å². The summed E-state index contributed by atoms with van der Waals surface area (Å²) in [6, 6.07) is 11.5. The van der Waals surface area contributed by atoms with Gasteiger partial charge in [-0.25, -0.2) is 8.42 Å². The fourth-order valence-electron chi connectivity index (χ4n) is 2.17. The second kappa shape index (κ2) is 7.35. The summed E-state index contributed by atoms with van der Waals surface area (Å²) in [4.78, 5) is 23.5. The van der Waals surface area contributed by atoms with Gasteiger partial charge in [-0.3, -0.25) is 14.3 Å². The number of hydrogen-bond donors (Lipinski definition) is 3. The molecule has 7 nitrogen and oxygen atoms in total. The third-order valence-corrected chi connectivity index (χ3v) is 3.77. The van der Waals surface area contributed by atoms with Crippen LogP contribution in [0, 0.1) is 6.92 Å². The van der Waals surface area contributed by atoms with Gasteiger partial charge >= 0.3 is 0 Å². The van der Waals surface area contributed by atoms with E-state index < -0.39 is 15.9 Å². The van der Waals surface area contributed by atoms with Crippen molar-refractivity contribution in [3.63, 3.8) is 0 Å². The highest BCUT2D eigenvalue weighted by atomic mass is 32.2. The molecule has 0 fully saturated rings. The average molecular weight is 361 g/mol. The van der Waals surface area contributed by atoms with Crippen molar-refractivity contribution in [3.8, 4) is 0 Å². The highest BCUT2D eigenvalue weighted by molar-refractivity contribution is 7.92. The SMILES string of the molecule is CC(=O)Nc1ccc(NC(=O)c2cc(C)ccc2NS(C)(=O)=O)cc1. The zero-order chi connectivity index (χ0) is 18.6. The summed E-state index contributed by atoms with van der Waals surface area (Å²) < 4.78 is 25.3. The van der Waals surface area contributed by atoms with Crippen molar-refractivity contribution in [2.24, 2.45) is 0 Å². The summed E-state index contributed by atoms with van der Waals surface area (Å²) >= 11 is 0. The molecule has 0 saturated heterocycles. The molecule has 0 aliphatic carbocycles. The van der Waals surface area contributed by atoms with Gasteiger partial charge in [-0.2, -0.15) is 0 Å². The zero-order valence-corrected chi connectivity index (χ0v) is 14.9. The van der Waals surface area contributed by atoms with Gasteiger partial charge < -0.3 is 10.6 Å². The number of aryl methyl sites for hydroxylation is 1. The summed E-state index contributed by atoms with van der Waals surface area (Å²) in [6.45, 7) is 3.22. The fourth-order valence-corrected chi connectivity index (χ4v) is 2.75. The molecule has 0 aromatic heterocycles. The maximum Gasteiger partial charge on any atom is 0.257 e. The lowest BCUT2D eigenvalue weighted by molar-refractivity contribution is -0.114. The third kappa shape index (κ3) is 5.61. The second-order valence-electron chi connectivity index (χ2n) is 5.64. The van der Waals surface area contributed by atoms with Crippen LogP contribution in [0.3, 0.4) is 0 Å². The first-order valence-electron chi connectivity index (χ1n) is 7.41. The maximum absolute atomic E-state index is 12.5. The molecule has 0 unspecified atom stereocenters. The number of nitrogens with one attached hydrogen (secondary N) is 3. The molecule has 0 radical (unpaired) electrons. The van der Waals surface area contributed by atoms with E-state index in [0.29, 0.717) is 11.4 Å². The average Bonchev–Trinajstić information content (AvgIpc) is 2.49. The van der Waals surface area contributed by atoms with Gasteiger partial charge in [-0.1, -0.05) is 11.6 Å². The van der Waals surface area contributed by atoms with E-state index in [4.69, 9.17) is 0 Å². The van der Waals surface area contributed by atoms with Crippen LogP contribution in [0.1, 0.15) is 22.8 Å². The molecular formula is C17H19N3O4S. The van der Waals surface area contributed by atoms with Crippen molar-refractivity contribution in [2.45, 2.75) is 13.8 Å². The van der Waals surface area contributed by atoms with Gasteiger partial charge in [0.25, 0.3) is 5.91 Å². The van der Waals surface area contributed by atoms with Gasteiger partial charge in [0.2, 0.25) is 15.9 Å². The van der Waals surface area contributed by atoms with Crippen molar-refractivity contribution in [1.82, 2.24) is 0 Å². The lowest BCUT2D eigenvalue weighted by atomic mass is 10.1. The molecule has 0 heterocycles. The molecule has 25 heavy (non-hydrogen) atoms. The normalized spacial score (nSPS) is 10.8. The highest BCUT2D eigenvalue weighted by Crippen LogP contribution is 2.21. The van der Waals surface area contributed by atoms with Crippen LogP contribution >= 0.6 is 0 Å².